The summed E-state index contributed by atoms with van der Waals surface area (Å²) in [7, 11) is 0. The molecule has 0 radical (unpaired) electrons. The Labute approximate surface area is 109 Å². The summed E-state index contributed by atoms with van der Waals surface area (Å²) in [6.45, 7) is -1.34. The number of benzene rings is 1. The molecule has 20 heavy (non-hydrogen) atoms. The van der Waals surface area contributed by atoms with Gasteiger partial charge in [-0.05, 0) is 18.2 Å². The van der Waals surface area contributed by atoms with Crippen molar-refractivity contribution in [2.75, 3.05) is 17.6 Å². The Kier molecular flexibility index (Phi) is 3.51. The molecule has 108 valence electrons. The van der Waals surface area contributed by atoms with Crippen LogP contribution >= 0.6 is 0 Å². The molecule has 4 N–H and O–H groups in total. The van der Waals surface area contributed by atoms with Crippen LogP contribution < -0.4 is 16.6 Å². The zero-order valence-electron chi connectivity index (χ0n) is 9.96. The second kappa shape index (κ2) is 4.99. The van der Waals surface area contributed by atoms with Gasteiger partial charge >= 0.3 is 12.3 Å². The first kappa shape index (κ1) is 14.1. The topological polar surface area (TPSA) is 83.8 Å². The molecule has 5 nitrogen and oxygen atoms in total. The Hall–Kier alpha value is -2.32. The Morgan fingerprint density at radius 2 is 2.10 bits per heavy atom. The average molecular weight is 290 g/mol. The molecule has 0 atom stereocenters. The minimum Gasteiger partial charge on any atom is -0.399 e. The Morgan fingerprint density at radius 1 is 1.40 bits per heavy atom. The van der Waals surface area contributed by atoms with Crippen molar-refractivity contribution < 1.29 is 17.6 Å². The van der Waals surface area contributed by atoms with Gasteiger partial charge in [0.15, 0.2) is 0 Å². The lowest BCUT2D eigenvalue weighted by Gasteiger charge is -2.15. The average Bonchev–Trinajstić information content (AvgIpc) is 2.37. The van der Waals surface area contributed by atoms with Crippen LogP contribution in [0.15, 0.2) is 23.0 Å². The van der Waals surface area contributed by atoms with Gasteiger partial charge in [0.2, 0.25) is 5.95 Å². The van der Waals surface area contributed by atoms with Crippen molar-refractivity contribution in [2.24, 2.45) is 0 Å². The minimum atomic E-state index is -4.21. The number of halogens is 4. The van der Waals surface area contributed by atoms with Gasteiger partial charge in [0.05, 0.1) is 17.4 Å². The fourth-order valence-corrected chi connectivity index (χ4v) is 1.52. The number of H-pyrrole nitrogens is 1. The van der Waals surface area contributed by atoms with Crippen molar-refractivity contribution in [3.05, 3.63) is 28.6 Å². The molecule has 0 saturated heterocycles. The first-order chi connectivity index (χ1) is 9.29. The molecule has 0 aliphatic carbocycles. The van der Waals surface area contributed by atoms with E-state index in [2.05, 4.69) is 9.97 Å². The fourth-order valence-electron chi connectivity index (χ4n) is 1.52. The molecule has 0 amide bonds. The number of nitrogens with one attached hydrogen (secondary N) is 2. The highest BCUT2D eigenvalue weighted by Crippen LogP contribution is 2.22. The standard InChI is InChI=1S/C11H10F4N4O/c12-9(13)11(14,15)4-17-10-18-7-2-1-5(16)3-6(7)8(20)19-10/h1-3,9H,4,16H2,(H2,17,18,19,20). The van der Waals surface area contributed by atoms with Crippen molar-refractivity contribution >= 4 is 22.5 Å². The summed E-state index contributed by atoms with van der Waals surface area (Å²) in [6.07, 6.45) is -3.80. The Balaban J connectivity index is 2.29. The van der Waals surface area contributed by atoms with Crippen LogP contribution in [0.4, 0.5) is 29.2 Å². The molecule has 1 aromatic heterocycles. The van der Waals surface area contributed by atoms with E-state index in [-0.39, 0.29) is 16.9 Å². The summed E-state index contributed by atoms with van der Waals surface area (Å²) in [5.74, 6) is -4.53. The van der Waals surface area contributed by atoms with Gasteiger partial charge in [-0.25, -0.2) is 13.8 Å². The van der Waals surface area contributed by atoms with E-state index in [1.54, 1.807) is 0 Å². The highest BCUT2D eigenvalue weighted by atomic mass is 19.3. The number of aromatic nitrogens is 2. The second-order valence-corrected chi connectivity index (χ2v) is 4.11. The number of anilines is 2. The number of nitrogen functional groups attached to an aromatic ring is 1. The quantitative estimate of drug-likeness (QED) is 0.592. The molecular formula is C11H10F4N4O. The van der Waals surface area contributed by atoms with Gasteiger partial charge in [-0.3, -0.25) is 9.78 Å². The maximum absolute atomic E-state index is 12.8. The van der Waals surface area contributed by atoms with E-state index in [4.69, 9.17) is 5.73 Å². The molecule has 2 rings (SSSR count). The number of alkyl halides is 4. The maximum atomic E-state index is 12.8. The SMILES string of the molecule is Nc1ccc2nc(NCC(F)(F)C(F)F)[nH]c(=O)c2c1. The molecule has 0 aliphatic heterocycles. The van der Waals surface area contributed by atoms with Gasteiger partial charge in [-0.15, -0.1) is 0 Å². The number of hydrogen-bond donors (Lipinski definition) is 3. The molecular weight excluding hydrogens is 280 g/mol. The predicted octanol–water partition coefficient (Wildman–Crippen LogP) is 1.82. The molecule has 0 spiro atoms. The van der Waals surface area contributed by atoms with Crippen molar-refractivity contribution in [1.82, 2.24) is 9.97 Å². The normalized spacial score (nSPS) is 12.1. The molecule has 0 aliphatic rings. The summed E-state index contributed by atoms with van der Waals surface area (Å²) < 4.78 is 49.5. The third kappa shape index (κ3) is 2.81. The number of aromatic amines is 1. The van der Waals surface area contributed by atoms with E-state index in [9.17, 15) is 22.4 Å². The molecule has 2 aromatic rings. The van der Waals surface area contributed by atoms with Gasteiger partial charge in [-0.1, -0.05) is 0 Å². The minimum absolute atomic E-state index is 0.177. The molecule has 0 unspecified atom stereocenters. The zero-order valence-corrected chi connectivity index (χ0v) is 9.96. The highest BCUT2D eigenvalue weighted by molar-refractivity contribution is 5.81. The van der Waals surface area contributed by atoms with Crippen LogP contribution in [-0.2, 0) is 0 Å². The lowest BCUT2D eigenvalue weighted by atomic mass is 10.2. The van der Waals surface area contributed by atoms with E-state index in [0.29, 0.717) is 5.69 Å². The predicted molar refractivity (Wildman–Crippen MR) is 66.2 cm³/mol. The van der Waals surface area contributed by atoms with Crippen molar-refractivity contribution in [1.29, 1.82) is 0 Å². The number of fused-ring (bicyclic) bond motifs is 1. The van der Waals surface area contributed by atoms with Crippen molar-refractivity contribution in [3.63, 3.8) is 0 Å². The van der Waals surface area contributed by atoms with Crippen LogP contribution in [0.5, 0.6) is 0 Å². The monoisotopic (exact) mass is 290 g/mol. The van der Waals surface area contributed by atoms with Crippen LogP contribution in [0.25, 0.3) is 10.9 Å². The summed E-state index contributed by atoms with van der Waals surface area (Å²) in [5, 5.41) is 2.16. The van der Waals surface area contributed by atoms with E-state index in [1.165, 1.54) is 18.2 Å². The summed E-state index contributed by atoms with van der Waals surface area (Å²) >= 11 is 0. The lowest BCUT2D eigenvalue weighted by Crippen LogP contribution is -2.35. The van der Waals surface area contributed by atoms with Gasteiger partial charge in [-0.2, -0.15) is 8.78 Å². The van der Waals surface area contributed by atoms with Gasteiger partial charge in [0, 0.05) is 5.69 Å². The Bertz CT molecular complexity index is 686. The van der Waals surface area contributed by atoms with Crippen LogP contribution in [0, 0.1) is 0 Å². The van der Waals surface area contributed by atoms with Crippen LogP contribution in [-0.4, -0.2) is 28.9 Å². The molecule has 1 aromatic carbocycles. The molecule has 9 heteroatoms. The molecule has 0 saturated carbocycles. The number of nitrogens with two attached hydrogens (primary N) is 1. The van der Waals surface area contributed by atoms with Gasteiger partial charge < -0.3 is 11.1 Å². The van der Waals surface area contributed by atoms with E-state index in [0.717, 1.165) is 0 Å². The van der Waals surface area contributed by atoms with Crippen molar-refractivity contribution in [2.45, 2.75) is 12.3 Å². The summed E-state index contributed by atoms with van der Waals surface area (Å²) in [5.41, 5.74) is 5.45. The van der Waals surface area contributed by atoms with Crippen LogP contribution in [0.3, 0.4) is 0 Å². The van der Waals surface area contributed by atoms with Gasteiger partial charge in [0.25, 0.3) is 5.56 Å². The van der Waals surface area contributed by atoms with Crippen LogP contribution in [0.2, 0.25) is 0 Å². The Morgan fingerprint density at radius 3 is 2.75 bits per heavy atom. The first-order valence-corrected chi connectivity index (χ1v) is 5.49. The molecule has 0 fully saturated rings. The lowest BCUT2D eigenvalue weighted by molar-refractivity contribution is -0.117. The molecule has 0 bridgehead atoms. The largest absolute Gasteiger partial charge is 0.399 e. The third-order valence-electron chi connectivity index (χ3n) is 2.54. The summed E-state index contributed by atoms with van der Waals surface area (Å²) in [6, 6.07) is 4.28. The number of hydrogen-bond acceptors (Lipinski definition) is 4. The van der Waals surface area contributed by atoms with E-state index >= 15 is 0 Å². The van der Waals surface area contributed by atoms with Crippen molar-refractivity contribution in [3.8, 4) is 0 Å². The summed E-state index contributed by atoms with van der Waals surface area (Å²) in [4.78, 5) is 17.7. The fraction of sp³-hybridized carbons (Fsp3) is 0.273. The maximum Gasteiger partial charge on any atom is 0.324 e. The highest BCUT2D eigenvalue weighted by Gasteiger charge is 2.40. The first-order valence-electron chi connectivity index (χ1n) is 5.49. The zero-order chi connectivity index (χ0) is 14.9. The number of nitrogens with zero attached hydrogens (tertiary/aromatic N) is 1. The smallest absolute Gasteiger partial charge is 0.324 e. The van der Waals surface area contributed by atoms with E-state index < -0.39 is 24.5 Å². The molecule has 1 heterocycles. The van der Waals surface area contributed by atoms with Gasteiger partial charge in [0.1, 0.15) is 0 Å². The van der Waals surface area contributed by atoms with Crippen LogP contribution in [0.1, 0.15) is 0 Å². The van der Waals surface area contributed by atoms with E-state index in [1.807, 2.05) is 5.32 Å². The third-order valence-corrected chi connectivity index (χ3v) is 2.54. The second-order valence-electron chi connectivity index (χ2n) is 4.11. The number of rotatable bonds is 4.